The molecule has 1 aromatic heterocycles. The number of nitrogens with zero attached hydrogens (tertiary/aromatic N) is 2. The van der Waals surface area contributed by atoms with E-state index >= 15 is 0 Å². The van der Waals surface area contributed by atoms with Gasteiger partial charge in [0, 0.05) is 16.6 Å². The number of nitrogens with one attached hydrogen (secondary N) is 2. The van der Waals surface area contributed by atoms with Crippen LogP contribution in [0.2, 0.25) is 5.02 Å². The molecule has 3 aromatic rings. The fourth-order valence-corrected chi connectivity index (χ4v) is 3.82. The predicted molar refractivity (Wildman–Crippen MR) is 117 cm³/mol. The molecule has 0 bridgehead atoms. The van der Waals surface area contributed by atoms with Crippen LogP contribution in [0.15, 0.2) is 54.6 Å². The van der Waals surface area contributed by atoms with Crippen molar-refractivity contribution in [2.75, 3.05) is 11.1 Å². The Morgan fingerprint density at radius 3 is 2.48 bits per heavy atom. The van der Waals surface area contributed by atoms with E-state index in [9.17, 15) is 4.79 Å². The van der Waals surface area contributed by atoms with Crippen molar-refractivity contribution in [3.05, 3.63) is 65.2 Å². The number of hydrogen-bond acceptors (Lipinski definition) is 3. The number of anilines is 2. The number of nitrogens with two attached hydrogens (primary N) is 1. The Morgan fingerprint density at radius 1 is 1.10 bits per heavy atom. The number of nitrogen functional groups attached to an aromatic ring is 1. The molecule has 2 aromatic carbocycles. The Kier molecular flexibility index (Phi) is 5.71. The van der Waals surface area contributed by atoms with E-state index in [4.69, 9.17) is 22.4 Å². The number of amides is 2. The third-order valence-electron chi connectivity index (χ3n) is 5.21. The van der Waals surface area contributed by atoms with Crippen LogP contribution in [0.4, 0.5) is 16.3 Å². The zero-order valence-electron chi connectivity index (χ0n) is 16.1. The molecule has 0 spiro atoms. The molecular formula is C22H24ClN5O. The summed E-state index contributed by atoms with van der Waals surface area (Å²) in [6.45, 7) is 0.513. The van der Waals surface area contributed by atoms with Crippen molar-refractivity contribution >= 4 is 29.1 Å². The van der Waals surface area contributed by atoms with Gasteiger partial charge < -0.3 is 16.4 Å². The molecule has 1 aliphatic carbocycles. The van der Waals surface area contributed by atoms with Crippen LogP contribution < -0.4 is 16.4 Å². The minimum Gasteiger partial charge on any atom is -0.382 e. The lowest BCUT2D eigenvalue weighted by Crippen LogP contribution is -2.36. The molecule has 1 saturated carbocycles. The van der Waals surface area contributed by atoms with Gasteiger partial charge in [0.2, 0.25) is 0 Å². The first-order chi connectivity index (χ1) is 14.1. The normalized spacial score (nSPS) is 14.1. The molecule has 1 fully saturated rings. The van der Waals surface area contributed by atoms with Gasteiger partial charge >= 0.3 is 6.03 Å². The number of aromatic nitrogens is 2. The van der Waals surface area contributed by atoms with Crippen molar-refractivity contribution in [2.24, 2.45) is 0 Å². The lowest BCUT2D eigenvalue weighted by Gasteiger charge is -2.13. The van der Waals surface area contributed by atoms with Crippen LogP contribution in [-0.2, 0) is 6.54 Å². The molecule has 29 heavy (non-hydrogen) atoms. The van der Waals surface area contributed by atoms with Crippen molar-refractivity contribution in [2.45, 2.75) is 38.3 Å². The highest BCUT2D eigenvalue weighted by Crippen LogP contribution is 2.33. The first-order valence-corrected chi connectivity index (χ1v) is 10.2. The first kappa shape index (κ1) is 19.3. The number of halogens is 1. The smallest absolute Gasteiger partial charge is 0.319 e. The van der Waals surface area contributed by atoms with E-state index in [1.807, 2.05) is 42.5 Å². The fourth-order valence-electron chi connectivity index (χ4n) is 3.69. The second kappa shape index (κ2) is 8.57. The predicted octanol–water partition coefficient (Wildman–Crippen LogP) is 4.90. The second-order valence-electron chi connectivity index (χ2n) is 7.34. The molecular weight excluding hydrogens is 386 g/mol. The zero-order chi connectivity index (χ0) is 20.2. The maximum Gasteiger partial charge on any atom is 0.319 e. The summed E-state index contributed by atoms with van der Waals surface area (Å²) < 4.78 is 1.71. The average Bonchev–Trinajstić information content (AvgIpc) is 3.33. The highest BCUT2D eigenvalue weighted by molar-refractivity contribution is 6.30. The van der Waals surface area contributed by atoms with E-state index in [-0.39, 0.29) is 12.1 Å². The highest BCUT2D eigenvalue weighted by atomic mass is 35.5. The molecule has 0 unspecified atom stereocenters. The fraction of sp³-hybridized carbons (Fsp3) is 0.273. The van der Waals surface area contributed by atoms with E-state index in [2.05, 4.69) is 10.6 Å². The van der Waals surface area contributed by atoms with Gasteiger partial charge in [-0.05, 0) is 30.5 Å². The first-order valence-electron chi connectivity index (χ1n) is 9.84. The maximum absolute atomic E-state index is 12.6. The van der Waals surface area contributed by atoms with Gasteiger partial charge in [-0.1, -0.05) is 66.9 Å². The largest absolute Gasteiger partial charge is 0.382 e. The van der Waals surface area contributed by atoms with Gasteiger partial charge in [-0.3, -0.25) is 0 Å². The molecule has 150 valence electrons. The lowest BCUT2D eigenvalue weighted by molar-refractivity contribution is 0.248. The summed E-state index contributed by atoms with van der Waals surface area (Å²) >= 11 is 6.03. The molecule has 4 rings (SSSR count). The minimum atomic E-state index is -0.252. The number of rotatable bonds is 5. The number of carbonyl (C=O) groups is 1. The quantitative estimate of drug-likeness (QED) is 0.560. The molecule has 2 amide bonds. The van der Waals surface area contributed by atoms with E-state index in [1.54, 1.807) is 16.8 Å². The van der Waals surface area contributed by atoms with Gasteiger partial charge in [-0.2, -0.15) is 5.10 Å². The van der Waals surface area contributed by atoms with Crippen LogP contribution in [0.25, 0.3) is 11.3 Å². The molecule has 1 aliphatic rings. The van der Waals surface area contributed by atoms with Crippen LogP contribution in [0.3, 0.4) is 0 Å². The summed E-state index contributed by atoms with van der Waals surface area (Å²) in [7, 11) is 0. The number of urea groups is 1. The topological polar surface area (TPSA) is 85.0 Å². The minimum absolute atomic E-state index is 0.217. The van der Waals surface area contributed by atoms with Crippen LogP contribution in [-0.4, -0.2) is 21.9 Å². The molecule has 6 nitrogen and oxygen atoms in total. The zero-order valence-corrected chi connectivity index (χ0v) is 16.8. The summed E-state index contributed by atoms with van der Waals surface area (Å²) in [4.78, 5) is 12.6. The lowest BCUT2D eigenvalue weighted by atomic mass is 10.1. The van der Waals surface area contributed by atoms with Gasteiger partial charge in [-0.25, -0.2) is 9.48 Å². The molecule has 0 saturated heterocycles. The third-order valence-corrected chi connectivity index (χ3v) is 5.47. The Bertz CT molecular complexity index is 978. The van der Waals surface area contributed by atoms with Crippen LogP contribution >= 0.6 is 11.6 Å². The second-order valence-corrected chi connectivity index (χ2v) is 7.78. The van der Waals surface area contributed by atoms with Crippen LogP contribution in [0.5, 0.6) is 0 Å². The molecule has 0 atom stereocenters. The highest BCUT2D eigenvalue weighted by Gasteiger charge is 2.22. The standard InChI is InChI=1S/C22H24ClN5O/c23-17-12-10-16(11-13-17)19-20(26-22(29)25-18-8-4-5-9-18)21(24)28(27-19)14-15-6-2-1-3-7-15/h1-3,6-7,10-13,18H,4-5,8-9,14,24H2,(H2,25,26,29). The summed E-state index contributed by atoms with van der Waals surface area (Å²) in [5, 5.41) is 11.3. The van der Waals surface area contributed by atoms with E-state index < -0.39 is 0 Å². The summed E-state index contributed by atoms with van der Waals surface area (Å²) in [6, 6.07) is 17.3. The Labute approximate surface area is 175 Å². The third kappa shape index (κ3) is 4.54. The van der Waals surface area contributed by atoms with Crippen molar-refractivity contribution in [3.8, 4) is 11.3 Å². The Hall–Kier alpha value is -2.99. The molecule has 7 heteroatoms. The van der Waals surface area contributed by atoms with E-state index in [0.29, 0.717) is 28.8 Å². The molecule has 0 aliphatic heterocycles. The maximum atomic E-state index is 12.6. The SMILES string of the molecule is Nc1c(NC(=O)NC2CCCC2)c(-c2ccc(Cl)cc2)nn1Cc1ccccc1. The van der Waals surface area contributed by atoms with Crippen LogP contribution in [0.1, 0.15) is 31.2 Å². The van der Waals surface area contributed by atoms with Crippen molar-refractivity contribution < 1.29 is 4.79 Å². The van der Waals surface area contributed by atoms with E-state index in [0.717, 1.165) is 36.8 Å². The van der Waals surface area contributed by atoms with Gasteiger partial charge in [0.25, 0.3) is 0 Å². The van der Waals surface area contributed by atoms with Gasteiger partial charge in [0.15, 0.2) is 0 Å². The molecule has 1 heterocycles. The Balaban J connectivity index is 1.64. The Morgan fingerprint density at radius 2 is 1.79 bits per heavy atom. The van der Waals surface area contributed by atoms with Gasteiger partial charge in [-0.15, -0.1) is 0 Å². The van der Waals surface area contributed by atoms with Crippen LogP contribution in [0, 0.1) is 0 Å². The number of hydrogen-bond donors (Lipinski definition) is 3. The molecule has 4 N–H and O–H groups in total. The van der Waals surface area contributed by atoms with Crippen molar-refractivity contribution in [1.82, 2.24) is 15.1 Å². The molecule has 0 radical (unpaired) electrons. The monoisotopic (exact) mass is 409 g/mol. The summed E-state index contributed by atoms with van der Waals surface area (Å²) in [5.74, 6) is 0.417. The van der Waals surface area contributed by atoms with Crippen molar-refractivity contribution in [3.63, 3.8) is 0 Å². The van der Waals surface area contributed by atoms with Gasteiger partial charge in [0.05, 0.1) is 6.54 Å². The summed E-state index contributed by atoms with van der Waals surface area (Å²) in [5.41, 5.74) is 9.45. The number of benzene rings is 2. The van der Waals surface area contributed by atoms with Crippen molar-refractivity contribution in [1.29, 1.82) is 0 Å². The number of carbonyl (C=O) groups excluding carboxylic acids is 1. The van der Waals surface area contributed by atoms with Gasteiger partial charge in [0.1, 0.15) is 17.2 Å². The average molecular weight is 410 g/mol. The summed E-state index contributed by atoms with van der Waals surface area (Å²) in [6.07, 6.45) is 4.33. The van der Waals surface area contributed by atoms with E-state index in [1.165, 1.54) is 0 Å².